The molecule has 2 unspecified atom stereocenters. The number of amides is 4. The Balaban J connectivity index is 1.55. The predicted molar refractivity (Wildman–Crippen MR) is 184 cm³/mol. The predicted octanol–water partition coefficient (Wildman–Crippen LogP) is 10.3. The van der Waals surface area contributed by atoms with Crippen molar-refractivity contribution in [2.75, 3.05) is 13.1 Å². The summed E-state index contributed by atoms with van der Waals surface area (Å²) in [7, 11) is 0. The van der Waals surface area contributed by atoms with E-state index in [9.17, 15) is 19.2 Å². The van der Waals surface area contributed by atoms with E-state index in [1.54, 1.807) is 12.1 Å². The third-order valence-corrected chi connectivity index (χ3v) is 10.5. The van der Waals surface area contributed by atoms with Gasteiger partial charge in [-0.15, -0.1) is 0 Å². The molecule has 8 heteroatoms. The highest BCUT2D eigenvalue weighted by Gasteiger charge is 2.42. The summed E-state index contributed by atoms with van der Waals surface area (Å²) < 4.78 is 0.951. The lowest BCUT2D eigenvalue weighted by atomic mass is 9.85. The molecule has 0 saturated carbocycles. The Morgan fingerprint density at radius 1 is 0.545 bits per heavy atom. The molecule has 2 aromatic rings. The first-order valence-corrected chi connectivity index (χ1v) is 18.4. The molecular weight excluding hydrogens is 684 g/mol. The van der Waals surface area contributed by atoms with Crippen LogP contribution in [0, 0.1) is 11.8 Å². The molecule has 0 N–H and O–H groups in total. The molecule has 2 aliphatic heterocycles. The van der Waals surface area contributed by atoms with Gasteiger partial charge in [0.1, 0.15) is 0 Å². The van der Waals surface area contributed by atoms with Crippen LogP contribution in [0.15, 0.2) is 21.1 Å². The van der Waals surface area contributed by atoms with Gasteiger partial charge in [0.25, 0.3) is 23.6 Å². The van der Waals surface area contributed by atoms with Gasteiger partial charge >= 0.3 is 0 Å². The van der Waals surface area contributed by atoms with Crippen molar-refractivity contribution in [3.05, 3.63) is 43.3 Å². The van der Waals surface area contributed by atoms with E-state index in [2.05, 4.69) is 59.6 Å². The number of nitrogens with zero attached hydrogens (tertiary/aromatic N) is 2. The van der Waals surface area contributed by atoms with E-state index in [-0.39, 0.29) is 35.5 Å². The molecule has 44 heavy (non-hydrogen) atoms. The van der Waals surface area contributed by atoms with Crippen LogP contribution in [0.1, 0.15) is 159 Å². The number of benzene rings is 2. The maximum Gasteiger partial charge on any atom is 0.262 e. The second-order valence-electron chi connectivity index (χ2n) is 13.1. The van der Waals surface area contributed by atoms with Gasteiger partial charge in [-0.3, -0.25) is 29.0 Å². The van der Waals surface area contributed by atoms with Gasteiger partial charge in [-0.1, -0.05) is 105 Å². The number of hydrogen-bond donors (Lipinski definition) is 0. The van der Waals surface area contributed by atoms with Gasteiger partial charge in [0.2, 0.25) is 0 Å². The first kappa shape index (κ1) is 34.8. The van der Waals surface area contributed by atoms with E-state index in [4.69, 9.17) is 0 Å². The molecule has 2 aromatic carbocycles. The maximum atomic E-state index is 13.9. The van der Waals surface area contributed by atoms with Crippen LogP contribution in [0.2, 0.25) is 0 Å². The summed E-state index contributed by atoms with van der Waals surface area (Å²) in [6, 6.07) is 3.34. The number of rotatable bonds is 18. The second-order valence-corrected chi connectivity index (χ2v) is 14.8. The van der Waals surface area contributed by atoms with Gasteiger partial charge in [-0.25, -0.2) is 0 Å². The molecule has 0 bridgehead atoms. The average molecular weight is 733 g/mol. The van der Waals surface area contributed by atoms with E-state index in [1.807, 2.05) is 0 Å². The third kappa shape index (κ3) is 7.49. The molecule has 2 heterocycles. The highest BCUT2D eigenvalue weighted by Crippen LogP contribution is 2.44. The number of hydrogen-bond acceptors (Lipinski definition) is 4. The Labute approximate surface area is 279 Å². The Hall–Kier alpha value is -2.06. The van der Waals surface area contributed by atoms with Crippen molar-refractivity contribution >= 4 is 66.3 Å². The molecule has 0 aliphatic carbocycles. The van der Waals surface area contributed by atoms with Crippen molar-refractivity contribution in [2.24, 2.45) is 11.8 Å². The van der Waals surface area contributed by atoms with Crippen LogP contribution < -0.4 is 0 Å². The van der Waals surface area contributed by atoms with Crippen LogP contribution >= 0.6 is 31.9 Å². The van der Waals surface area contributed by atoms with E-state index < -0.39 is 0 Å². The minimum atomic E-state index is -0.376. The summed E-state index contributed by atoms with van der Waals surface area (Å²) in [6.45, 7) is 9.27. The quantitative estimate of drug-likeness (QED) is 0.113. The molecule has 0 saturated heterocycles. The normalized spacial score (nSPS) is 16.0. The molecule has 240 valence electrons. The zero-order chi connectivity index (χ0) is 32.0. The highest BCUT2D eigenvalue weighted by molar-refractivity contribution is 9.10. The number of imide groups is 2. The van der Waals surface area contributed by atoms with Gasteiger partial charge in [0.15, 0.2) is 0 Å². The Morgan fingerprint density at radius 2 is 0.886 bits per heavy atom. The molecule has 4 rings (SSSR count). The van der Waals surface area contributed by atoms with Gasteiger partial charge in [-0.2, -0.15) is 0 Å². The van der Waals surface area contributed by atoms with Crippen molar-refractivity contribution in [1.29, 1.82) is 0 Å². The smallest absolute Gasteiger partial charge is 0.262 e. The Bertz CT molecular complexity index is 1300. The van der Waals surface area contributed by atoms with Crippen molar-refractivity contribution < 1.29 is 19.2 Å². The van der Waals surface area contributed by atoms with E-state index in [0.29, 0.717) is 55.1 Å². The van der Waals surface area contributed by atoms with Crippen molar-refractivity contribution in [3.8, 4) is 0 Å². The molecule has 4 amide bonds. The number of halogens is 2. The van der Waals surface area contributed by atoms with E-state index in [1.165, 1.54) is 61.2 Å². The summed E-state index contributed by atoms with van der Waals surface area (Å²) >= 11 is 7.16. The van der Waals surface area contributed by atoms with Crippen LogP contribution in [0.5, 0.6) is 0 Å². The second kappa shape index (κ2) is 16.0. The molecule has 2 aliphatic rings. The fourth-order valence-electron chi connectivity index (χ4n) is 6.75. The first-order chi connectivity index (χ1) is 21.1. The minimum Gasteiger partial charge on any atom is -0.274 e. The Kier molecular flexibility index (Phi) is 12.6. The van der Waals surface area contributed by atoms with Gasteiger partial charge in [0.05, 0.1) is 11.1 Å². The lowest BCUT2D eigenvalue weighted by Gasteiger charge is -2.34. The van der Waals surface area contributed by atoms with Crippen LogP contribution in [0.25, 0.3) is 10.8 Å². The summed E-state index contributed by atoms with van der Waals surface area (Å²) in [5.74, 6) is -1.16. The largest absolute Gasteiger partial charge is 0.274 e. The fourth-order valence-corrected chi connectivity index (χ4v) is 7.95. The number of carbonyl (C=O) groups excluding carboxylic acids is 4. The summed E-state index contributed by atoms with van der Waals surface area (Å²) in [4.78, 5) is 58.1. The lowest BCUT2D eigenvalue weighted by Crippen LogP contribution is -2.45. The molecule has 0 radical (unpaired) electrons. The van der Waals surface area contributed by atoms with Crippen molar-refractivity contribution in [3.63, 3.8) is 0 Å². The zero-order valence-electron chi connectivity index (χ0n) is 26.9. The minimum absolute atomic E-state index is 0.167. The first-order valence-electron chi connectivity index (χ1n) is 16.8. The number of unbranched alkanes of at least 4 members (excludes halogenated alkanes) is 10. The monoisotopic (exact) mass is 730 g/mol. The summed E-state index contributed by atoms with van der Waals surface area (Å²) in [5, 5.41) is 0.813. The van der Waals surface area contributed by atoms with E-state index in [0.717, 1.165) is 38.5 Å². The van der Waals surface area contributed by atoms with Crippen LogP contribution in [0.3, 0.4) is 0 Å². The van der Waals surface area contributed by atoms with Gasteiger partial charge in [-0.05, 0) is 68.7 Å². The SMILES string of the molecule is CCCCCCCCC(C)CN1C(=O)c2cc(Br)c3c4c(cc(Br)c(c24)C1=O)C(=O)N(CC(C)CCCCCCCC)C3=O. The summed E-state index contributed by atoms with van der Waals surface area (Å²) in [6.07, 6.45) is 16.3. The van der Waals surface area contributed by atoms with Crippen LogP contribution in [-0.4, -0.2) is 46.5 Å². The van der Waals surface area contributed by atoms with Crippen molar-refractivity contribution in [2.45, 2.75) is 118 Å². The molecule has 6 nitrogen and oxygen atoms in total. The summed E-state index contributed by atoms with van der Waals surface area (Å²) in [5.41, 5.74) is 1.41. The van der Waals surface area contributed by atoms with E-state index >= 15 is 0 Å². The number of carbonyl (C=O) groups is 4. The van der Waals surface area contributed by atoms with Crippen LogP contribution in [-0.2, 0) is 0 Å². The third-order valence-electron chi connectivity index (χ3n) is 9.27. The molecule has 0 aromatic heterocycles. The molecular formula is C36H48Br2N2O4. The van der Waals surface area contributed by atoms with Crippen LogP contribution in [0.4, 0.5) is 0 Å². The molecule has 0 spiro atoms. The highest BCUT2D eigenvalue weighted by atomic mass is 79.9. The molecule has 2 atom stereocenters. The van der Waals surface area contributed by atoms with Gasteiger partial charge < -0.3 is 0 Å². The van der Waals surface area contributed by atoms with Crippen molar-refractivity contribution in [1.82, 2.24) is 9.80 Å². The van der Waals surface area contributed by atoms with Gasteiger partial charge in [0, 0.05) is 43.9 Å². The Morgan fingerprint density at radius 3 is 1.25 bits per heavy atom. The zero-order valence-corrected chi connectivity index (χ0v) is 30.1. The fraction of sp³-hybridized carbons (Fsp3) is 0.611. The topological polar surface area (TPSA) is 74.8 Å². The molecule has 0 fully saturated rings. The average Bonchev–Trinajstić information content (AvgIpc) is 2.99. The maximum absolute atomic E-state index is 13.9. The lowest BCUT2D eigenvalue weighted by molar-refractivity contribution is 0.0563. The standard InChI is InChI=1S/C36H48Br2N2O4/c1-5-7-9-11-13-15-17-23(3)21-39-33(41)25-19-28(38)32-30-26(20-27(37)31(29(25)30)35(39)43)34(42)40(36(32)44)22-24(4)18-16-14-12-10-8-6-2/h19-20,23-24H,5-18,21-22H2,1-4H3.